The topological polar surface area (TPSA) is 204 Å². The standard InChI is InChI=1S/C30H50N6O7S/c1-16(2)14-22(35-28(39)43-29(6,7)8)26(38)34-21(25(31)37)12-11-13-33-27(32)36-44(40,41)24-18(4)17(3)23-20(19(24)5)15-30(9,10)42-23/h16,21-22H,11-15H2,1-10H3,(H2,31,37)(H,34,38)(H,35,39)(H3,32,33,36)/t21-,22-/m0/s1. The summed E-state index contributed by atoms with van der Waals surface area (Å²) >= 11 is 0. The van der Waals surface area contributed by atoms with Gasteiger partial charge in [0, 0.05) is 18.5 Å². The number of hydrogen-bond donors (Lipinski definition) is 5. The Labute approximate surface area is 261 Å². The summed E-state index contributed by atoms with van der Waals surface area (Å²) in [5, 5.41) is 5.16. The van der Waals surface area contributed by atoms with E-state index >= 15 is 0 Å². The maximum absolute atomic E-state index is 13.4. The van der Waals surface area contributed by atoms with Gasteiger partial charge in [-0.25, -0.2) is 17.9 Å². The number of nitrogens with one attached hydrogen (secondary N) is 3. The SMILES string of the molecule is Cc1c(C)c(S(=O)(=O)NC(N)=NCCC[C@H](NC(=O)[C@H](CC(C)C)NC(=O)OC(C)(C)C)C(N)=O)c(C)c2c1OC(C)(C)C2. The second-order valence-electron chi connectivity index (χ2n) is 13.4. The van der Waals surface area contributed by atoms with Crippen molar-refractivity contribution in [3.05, 3.63) is 22.3 Å². The van der Waals surface area contributed by atoms with Crippen molar-refractivity contribution in [2.75, 3.05) is 6.54 Å². The second-order valence-corrected chi connectivity index (χ2v) is 15.0. The Morgan fingerprint density at radius 3 is 2.18 bits per heavy atom. The zero-order chi connectivity index (χ0) is 33.8. The molecule has 0 fully saturated rings. The first kappa shape index (κ1) is 36.6. The van der Waals surface area contributed by atoms with E-state index in [1.165, 1.54) is 0 Å². The number of hydrogen-bond acceptors (Lipinski definition) is 8. The molecule has 14 heteroatoms. The van der Waals surface area contributed by atoms with Crippen LogP contribution in [-0.2, 0) is 30.8 Å². The molecule has 1 heterocycles. The molecule has 0 unspecified atom stereocenters. The van der Waals surface area contributed by atoms with Crippen molar-refractivity contribution in [2.24, 2.45) is 22.4 Å². The molecule has 13 nitrogen and oxygen atoms in total. The Balaban J connectivity index is 2.06. The quantitative estimate of drug-likeness (QED) is 0.130. The number of carbonyl (C=O) groups is 3. The van der Waals surface area contributed by atoms with Crippen molar-refractivity contribution < 1.29 is 32.3 Å². The zero-order valence-electron chi connectivity index (χ0n) is 27.6. The van der Waals surface area contributed by atoms with Gasteiger partial charge in [0.1, 0.15) is 29.0 Å². The van der Waals surface area contributed by atoms with E-state index in [0.717, 1.165) is 16.9 Å². The van der Waals surface area contributed by atoms with Crippen molar-refractivity contribution in [2.45, 2.75) is 123 Å². The minimum absolute atomic E-state index is 0.0577. The Kier molecular flexibility index (Phi) is 11.7. The molecule has 2 atom stereocenters. The minimum atomic E-state index is -4.06. The van der Waals surface area contributed by atoms with Crippen LogP contribution in [0, 0.1) is 26.7 Å². The van der Waals surface area contributed by atoms with E-state index in [2.05, 4.69) is 20.3 Å². The van der Waals surface area contributed by atoms with Crippen LogP contribution in [0.5, 0.6) is 5.75 Å². The summed E-state index contributed by atoms with van der Waals surface area (Å²) in [6.07, 6.45) is 0.509. The molecule has 2 rings (SSSR count). The number of primary amides is 1. The van der Waals surface area contributed by atoms with Crippen molar-refractivity contribution >= 4 is 33.9 Å². The van der Waals surface area contributed by atoms with Crippen LogP contribution in [0.3, 0.4) is 0 Å². The normalized spacial score (nSPS) is 16.0. The van der Waals surface area contributed by atoms with Gasteiger partial charge in [-0.1, -0.05) is 13.8 Å². The number of guanidine groups is 1. The van der Waals surface area contributed by atoms with Gasteiger partial charge in [0.2, 0.25) is 17.8 Å². The summed E-state index contributed by atoms with van der Waals surface area (Å²) in [7, 11) is -4.06. The van der Waals surface area contributed by atoms with Gasteiger partial charge in [0.25, 0.3) is 10.0 Å². The Morgan fingerprint density at radius 1 is 1.02 bits per heavy atom. The molecule has 1 aliphatic rings. The maximum atomic E-state index is 13.4. The lowest BCUT2D eigenvalue weighted by molar-refractivity contribution is -0.129. The number of ether oxygens (including phenoxy) is 2. The molecule has 0 saturated heterocycles. The Morgan fingerprint density at radius 2 is 1.64 bits per heavy atom. The summed E-state index contributed by atoms with van der Waals surface area (Å²) in [6, 6.07) is -1.99. The van der Waals surface area contributed by atoms with Gasteiger partial charge in [0.15, 0.2) is 0 Å². The van der Waals surface area contributed by atoms with Crippen LogP contribution < -0.4 is 31.6 Å². The van der Waals surface area contributed by atoms with Crippen LogP contribution >= 0.6 is 0 Å². The number of rotatable bonds is 12. The number of sulfonamides is 1. The molecule has 0 aromatic heterocycles. The summed E-state index contributed by atoms with van der Waals surface area (Å²) in [4.78, 5) is 41.6. The molecule has 0 radical (unpaired) electrons. The van der Waals surface area contributed by atoms with Crippen LogP contribution in [0.4, 0.5) is 4.79 Å². The molecule has 0 bridgehead atoms. The largest absolute Gasteiger partial charge is 0.487 e. The first-order valence-electron chi connectivity index (χ1n) is 14.8. The number of carbonyl (C=O) groups excluding carboxylic acids is 3. The monoisotopic (exact) mass is 638 g/mol. The first-order valence-corrected chi connectivity index (χ1v) is 16.3. The van der Waals surface area contributed by atoms with Crippen LogP contribution in [0.1, 0.15) is 90.0 Å². The predicted octanol–water partition coefficient (Wildman–Crippen LogP) is 2.61. The molecule has 0 saturated carbocycles. The van der Waals surface area contributed by atoms with Crippen LogP contribution in [-0.4, -0.2) is 62.1 Å². The van der Waals surface area contributed by atoms with E-state index in [1.807, 2.05) is 34.6 Å². The fraction of sp³-hybridized carbons (Fsp3) is 0.667. The molecule has 44 heavy (non-hydrogen) atoms. The highest BCUT2D eigenvalue weighted by atomic mass is 32.2. The van der Waals surface area contributed by atoms with E-state index in [0.29, 0.717) is 24.0 Å². The lowest BCUT2D eigenvalue weighted by atomic mass is 9.94. The van der Waals surface area contributed by atoms with E-state index in [-0.39, 0.29) is 36.2 Å². The average molecular weight is 639 g/mol. The number of aliphatic imine (C=N–C) groups is 1. The highest BCUT2D eigenvalue weighted by Crippen LogP contribution is 2.43. The lowest BCUT2D eigenvalue weighted by Crippen LogP contribution is -2.53. The fourth-order valence-electron chi connectivity index (χ4n) is 5.07. The first-order chi connectivity index (χ1) is 20.0. The number of nitrogens with zero attached hydrogens (tertiary/aromatic N) is 1. The van der Waals surface area contributed by atoms with Crippen molar-refractivity contribution in [1.82, 2.24) is 15.4 Å². The molecular weight excluding hydrogens is 588 g/mol. The highest BCUT2D eigenvalue weighted by Gasteiger charge is 2.37. The van der Waals surface area contributed by atoms with Crippen molar-refractivity contribution in [3.63, 3.8) is 0 Å². The average Bonchev–Trinajstić information content (AvgIpc) is 3.17. The number of benzene rings is 1. The van der Waals surface area contributed by atoms with Gasteiger partial charge in [-0.05, 0) is 97.3 Å². The highest BCUT2D eigenvalue weighted by molar-refractivity contribution is 7.90. The minimum Gasteiger partial charge on any atom is -0.487 e. The van der Waals surface area contributed by atoms with Gasteiger partial charge < -0.3 is 31.6 Å². The predicted molar refractivity (Wildman–Crippen MR) is 169 cm³/mol. The van der Waals surface area contributed by atoms with Crippen LogP contribution in [0.25, 0.3) is 0 Å². The molecule has 1 aromatic carbocycles. The van der Waals surface area contributed by atoms with Gasteiger partial charge in [-0.2, -0.15) is 0 Å². The molecule has 1 aromatic rings. The number of nitrogens with two attached hydrogens (primary N) is 2. The lowest BCUT2D eigenvalue weighted by Gasteiger charge is -2.25. The van der Waals surface area contributed by atoms with E-state index in [4.69, 9.17) is 20.9 Å². The molecule has 0 spiro atoms. The summed E-state index contributed by atoms with van der Waals surface area (Å²) in [6.45, 7) is 18.2. The third-order valence-corrected chi connectivity index (χ3v) is 8.73. The van der Waals surface area contributed by atoms with Gasteiger partial charge >= 0.3 is 6.09 Å². The van der Waals surface area contributed by atoms with Crippen LogP contribution in [0.15, 0.2) is 9.89 Å². The molecule has 1 aliphatic heterocycles. The Hall–Kier alpha value is -3.55. The van der Waals surface area contributed by atoms with Crippen molar-refractivity contribution in [3.8, 4) is 5.75 Å². The molecule has 3 amide bonds. The fourth-order valence-corrected chi connectivity index (χ4v) is 6.60. The Bertz CT molecular complexity index is 1400. The molecule has 0 aliphatic carbocycles. The molecule has 248 valence electrons. The second kappa shape index (κ2) is 14.0. The van der Waals surface area contributed by atoms with Crippen LogP contribution in [0.2, 0.25) is 0 Å². The van der Waals surface area contributed by atoms with E-state index in [9.17, 15) is 22.8 Å². The zero-order valence-corrected chi connectivity index (χ0v) is 28.5. The van der Waals surface area contributed by atoms with Crippen molar-refractivity contribution in [1.29, 1.82) is 0 Å². The summed E-state index contributed by atoms with van der Waals surface area (Å²) in [5.41, 5.74) is 13.1. The number of alkyl carbamates (subject to hydrolysis) is 1. The number of fused-ring (bicyclic) bond motifs is 1. The summed E-state index contributed by atoms with van der Waals surface area (Å²) in [5.74, 6) is -0.869. The molecule has 7 N–H and O–H groups in total. The van der Waals surface area contributed by atoms with Gasteiger partial charge in [0.05, 0.1) is 4.90 Å². The molecular formula is C30H50N6O7S. The van der Waals surface area contributed by atoms with Gasteiger partial charge in [-0.3, -0.25) is 14.6 Å². The van der Waals surface area contributed by atoms with E-state index in [1.54, 1.807) is 34.6 Å². The number of amides is 3. The third kappa shape index (κ3) is 10.00. The third-order valence-electron chi connectivity index (χ3n) is 7.11. The van der Waals surface area contributed by atoms with Gasteiger partial charge in [-0.15, -0.1) is 0 Å². The van der Waals surface area contributed by atoms with E-state index < -0.39 is 51.2 Å². The summed E-state index contributed by atoms with van der Waals surface area (Å²) < 4.78 is 40.5. The maximum Gasteiger partial charge on any atom is 0.408 e. The smallest absolute Gasteiger partial charge is 0.408 e.